The molecule has 0 spiro atoms. The Bertz CT molecular complexity index is 1730. The molecule has 9 heteroatoms. The van der Waals surface area contributed by atoms with Gasteiger partial charge >= 0.3 is 6.18 Å². The Hall–Kier alpha value is -4.79. The fourth-order valence-electron chi connectivity index (χ4n) is 4.04. The first-order chi connectivity index (χ1) is 18.7. The second kappa shape index (κ2) is 10.5. The molecule has 0 atom stereocenters. The summed E-state index contributed by atoms with van der Waals surface area (Å²) in [6.45, 7) is 1.62. The topological polar surface area (TPSA) is 77.8 Å². The number of hydrogen-bond donors (Lipinski definition) is 1. The van der Waals surface area contributed by atoms with E-state index in [9.17, 15) is 22.8 Å². The Morgan fingerprint density at radius 2 is 1.62 bits per heavy atom. The molecule has 0 unspecified atom stereocenters. The summed E-state index contributed by atoms with van der Waals surface area (Å²) in [5.41, 5.74) is 0.354. The van der Waals surface area contributed by atoms with E-state index in [0.29, 0.717) is 5.69 Å². The molecule has 1 aromatic heterocycles. The SMILES string of the molecule is CCc1ccc(NC(=O)COc2ccc3c(=O)c(Oc4ccc5ccccc5c4)c(C(F)(F)F)oc3c2)cc1. The summed E-state index contributed by atoms with van der Waals surface area (Å²) in [6.07, 6.45) is -4.15. The van der Waals surface area contributed by atoms with Crippen LogP contribution >= 0.6 is 0 Å². The molecule has 198 valence electrons. The van der Waals surface area contributed by atoms with Crippen molar-refractivity contribution in [3.8, 4) is 17.2 Å². The molecule has 0 aliphatic carbocycles. The molecule has 0 saturated heterocycles. The number of carbonyl (C=O) groups excluding carboxylic acids is 1. The highest BCUT2D eigenvalue weighted by atomic mass is 19.4. The summed E-state index contributed by atoms with van der Waals surface area (Å²) in [7, 11) is 0. The zero-order chi connectivity index (χ0) is 27.6. The van der Waals surface area contributed by atoms with E-state index in [1.807, 2.05) is 31.2 Å². The largest absolute Gasteiger partial charge is 0.484 e. The third kappa shape index (κ3) is 5.72. The lowest BCUT2D eigenvalue weighted by Crippen LogP contribution is -2.20. The van der Waals surface area contributed by atoms with Crippen molar-refractivity contribution in [3.63, 3.8) is 0 Å². The van der Waals surface area contributed by atoms with Gasteiger partial charge in [0.1, 0.15) is 17.1 Å². The van der Waals surface area contributed by atoms with Crippen LogP contribution in [0.2, 0.25) is 0 Å². The van der Waals surface area contributed by atoms with Crippen molar-refractivity contribution in [2.45, 2.75) is 19.5 Å². The van der Waals surface area contributed by atoms with Gasteiger partial charge in [0.05, 0.1) is 5.39 Å². The number of halogens is 3. The Kier molecular flexibility index (Phi) is 6.98. The van der Waals surface area contributed by atoms with E-state index in [0.717, 1.165) is 28.8 Å². The highest BCUT2D eigenvalue weighted by Crippen LogP contribution is 2.39. The fourth-order valence-corrected chi connectivity index (χ4v) is 4.04. The number of hydrogen-bond acceptors (Lipinski definition) is 5. The summed E-state index contributed by atoms with van der Waals surface area (Å²) >= 11 is 0. The number of rotatable bonds is 7. The van der Waals surface area contributed by atoms with Crippen molar-refractivity contribution in [1.29, 1.82) is 0 Å². The van der Waals surface area contributed by atoms with Gasteiger partial charge in [-0.05, 0) is 59.2 Å². The molecule has 4 aromatic carbocycles. The molecule has 6 nitrogen and oxygen atoms in total. The summed E-state index contributed by atoms with van der Waals surface area (Å²) in [5.74, 6) is -2.89. The van der Waals surface area contributed by atoms with Gasteiger partial charge in [0.15, 0.2) is 6.61 Å². The highest BCUT2D eigenvalue weighted by Gasteiger charge is 2.40. The molecular formula is C30H22F3NO5. The van der Waals surface area contributed by atoms with Crippen molar-refractivity contribution in [3.05, 3.63) is 106 Å². The lowest BCUT2D eigenvalue weighted by molar-refractivity contribution is -0.154. The molecule has 5 rings (SSSR count). The maximum absolute atomic E-state index is 13.9. The predicted octanol–water partition coefficient (Wildman–Crippen LogP) is 7.34. The third-order valence-corrected chi connectivity index (χ3v) is 6.04. The maximum atomic E-state index is 13.9. The number of carbonyl (C=O) groups is 1. The molecule has 5 aromatic rings. The van der Waals surface area contributed by atoms with Gasteiger partial charge < -0.3 is 19.2 Å². The molecule has 0 saturated carbocycles. The van der Waals surface area contributed by atoms with Crippen LogP contribution in [0.3, 0.4) is 0 Å². The molecule has 1 amide bonds. The molecule has 0 aliphatic heterocycles. The van der Waals surface area contributed by atoms with Gasteiger partial charge in [-0.3, -0.25) is 9.59 Å². The van der Waals surface area contributed by atoms with Crippen molar-refractivity contribution in [2.24, 2.45) is 0 Å². The van der Waals surface area contributed by atoms with Gasteiger partial charge in [-0.1, -0.05) is 49.4 Å². The van der Waals surface area contributed by atoms with Crippen LogP contribution < -0.4 is 20.2 Å². The number of anilines is 1. The van der Waals surface area contributed by atoms with Crippen LogP contribution in [0.25, 0.3) is 21.7 Å². The average Bonchev–Trinajstić information content (AvgIpc) is 2.93. The lowest BCUT2D eigenvalue weighted by atomic mass is 10.1. The fraction of sp³-hybridized carbons (Fsp3) is 0.133. The second-order valence-corrected chi connectivity index (χ2v) is 8.74. The molecule has 0 fully saturated rings. The minimum atomic E-state index is -5.01. The zero-order valence-corrected chi connectivity index (χ0v) is 20.7. The normalized spacial score (nSPS) is 11.5. The van der Waals surface area contributed by atoms with Crippen LogP contribution in [0.4, 0.5) is 18.9 Å². The maximum Gasteiger partial charge on any atom is 0.453 e. The monoisotopic (exact) mass is 533 g/mol. The van der Waals surface area contributed by atoms with Crippen LogP contribution in [-0.4, -0.2) is 12.5 Å². The quantitative estimate of drug-likeness (QED) is 0.237. The number of amides is 1. The molecule has 0 bridgehead atoms. The van der Waals surface area contributed by atoms with Crippen LogP contribution in [0, 0.1) is 0 Å². The summed E-state index contributed by atoms with van der Waals surface area (Å²) in [6, 6.07) is 23.0. The van der Waals surface area contributed by atoms with E-state index in [2.05, 4.69) is 5.32 Å². The highest BCUT2D eigenvalue weighted by molar-refractivity contribution is 5.92. The third-order valence-electron chi connectivity index (χ3n) is 6.04. The van der Waals surface area contributed by atoms with E-state index in [4.69, 9.17) is 13.9 Å². The van der Waals surface area contributed by atoms with Crippen molar-refractivity contribution in [1.82, 2.24) is 0 Å². The van der Waals surface area contributed by atoms with Gasteiger partial charge in [-0.15, -0.1) is 0 Å². The van der Waals surface area contributed by atoms with E-state index >= 15 is 0 Å². The number of benzene rings is 4. The summed E-state index contributed by atoms with van der Waals surface area (Å²) in [5, 5.41) is 4.14. The first kappa shape index (κ1) is 25.8. The van der Waals surface area contributed by atoms with Gasteiger partial charge in [0.2, 0.25) is 11.2 Å². The van der Waals surface area contributed by atoms with Crippen molar-refractivity contribution < 1.29 is 31.9 Å². The first-order valence-corrected chi connectivity index (χ1v) is 12.1. The van der Waals surface area contributed by atoms with E-state index < -0.39 is 35.6 Å². The number of fused-ring (bicyclic) bond motifs is 2. The van der Waals surface area contributed by atoms with E-state index in [-0.39, 0.29) is 22.5 Å². The Balaban J connectivity index is 1.40. The molecular weight excluding hydrogens is 511 g/mol. The minimum absolute atomic E-state index is 0.0541. The molecule has 1 heterocycles. The standard InChI is InChI=1S/C30H22F3NO5/c1-2-18-7-10-21(11-8-18)34-26(35)17-37-22-13-14-24-25(16-22)39-29(30(31,32)33)28(27(24)36)38-23-12-9-19-5-3-4-6-20(19)15-23/h3-16H,2,17H2,1H3,(H,34,35). The van der Waals surface area contributed by atoms with E-state index in [1.165, 1.54) is 18.2 Å². The molecule has 39 heavy (non-hydrogen) atoms. The van der Waals surface area contributed by atoms with Crippen LogP contribution in [0.5, 0.6) is 17.2 Å². The number of nitrogens with one attached hydrogen (secondary N) is 1. The Morgan fingerprint density at radius 3 is 2.33 bits per heavy atom. The van der Waals surface area contributed by atoms with Crippen LogP contribution in [0.15, 0.2) is 94.1 Å². The van der Waals surface area contributed by atoms with Crippen molar-refractivity contribution >= 4 is 33.3 Å². The van der Waals surface area contributed by atoms with Gasteiger partial charge in [-0.25, -0.2) is 0 Å². The second-order valence-electron chi connectivity index (χ2n) is 8.74. The van der Waals surface area contributed by atoms with Gasteiger partial charge in [0.25, 0.3) is 11.7 Å². The molecule has 0 radical (unpaired) electrons. The Labute approximate surface area is 220 Å². The van der Waals surface area contributed by atoms with Crippen LogP contribution in [0.1, 0.15) is 18.2 Å². The van der Waals surface area contributed by atoms with Gasteiger partial charge in [0, 0.05) is 11.8 Å². The Morgan fingerprint density at radius 1 is 0.897 bits per heavy atom. The minimum Gasteiger partial charge on any atom is -0.484 e. The lowest BCUT2D eigenvalue weighted by Gasteiger charge is -2.14. The van der Waals surface area contributed by atoms with Crippen LogP contribution in [-0.2, 0) is 17.4 Å². The van der Waals surface area contributed by atoms with Crippen molar-refractivity contribution in [2.75, 3.05) is 11.9 Å². The first-order valence-electron chi connectivity index (χ1n) is 12.1. The smallest absolute Gasteiger partial charge is 0.453 e. The number of alkyl halides is 3. The molecule has 1 N–H and O–H groups in total. The molecule has 0 aliphatic rings. The van der Waals surface area contributed by atoms with Gasteiger partial charge in [-0.2, -0.15) is 13.2 Å². The number of ether oxygens (including phenoxy) is 2. The number of aryl methyl sites for hydroxylation is 1. The predicted molar refractivity (Wildman–Crippen MR) is 141 cm³/mol. The summed E-state index contributed by atoms with van der Waals surface area (Å²) < 4.78 is 57.8. The zero-order valence-electron chi connectivity index (χ0n) is 20.7. The average molecular weight is 534 g/mol. The summed E-state index contributed by atoms with van der Waals surface area (Å²) in [4.78, 5) is 25.4. The van der Waals surface area contributed by atoms with E-state index in [1.54, 1.807) is 36.4 Å².